The first-order chi connectivity index (χ1) is 14.8. The summed E-state index contributed by atoms with van der Waals surface area (Å²) < 4.78 is 35.8. The van der Waals surface area contributed by atoms with Crippen LogP contribution in [0.1, 0.15) is 29.3 Å². The van der Waals surface area contributed by atoms with Crippen molar-refractivity contribution in [2.75, 3.05) is 0 Å². The maximum atomic E-state index is 13.9. The average Bonchev–Trinajstić information content (AvgIpc) is 3.28. The van der Waals surface area contributed by atoms with Crippen LogP contribution in [0.2, 0.25) is 0 Å². The molecule has 160 valence electrons. The number of aliphatic hydroxyl groups is 1. The maximum Gasteiger partial charge on any atom is 0.350 e. The Bertz CT molecular complexity index is 1260. The number of aliphatic hydroxyl groups excluding tert-OH is 1. The van der Waals surface area contributed by atoms with Gasteiger partial charge in [0.2, 0.25) is 5.06 Å². The number of halogens is 2. The number of hydrogen-bond acceptors (Lipinski definition) is 6. The zero-order valence-corrected chi connectivity index (χ0v) is 17.4. The number of aromatic nitrogens is 4. The van der Waals surface area contributed by atoms with E-state index in [-0.39, 0.29) is 12.1 Å². The molecular weight excluding hydrogens is 426 g/mol. The normalized spacial score (nSPS) is 12.2. The van der Waals surface area contributed by atoms with Gasteiger partial charge in [0.25, 0.3) is 0 Å². The largest absolute Gasteiger partial charge is 0.445 e. The van der Waals surface area contributed by atoms with Crippen molar-refractivity contribution >= 4 is 11.3 Å². The number of aryl methyl sites for hydroxylation is 1. The SMILES string of the molecule is Cc1nc(C(C)O)sc1Oc1ccc(-n2ncn(Cc3c(F)cccc3F)c2=O)cc1. The summed E-state index contributed by atoms with van der Waals surface area (Å²) in [5, 5.41) is 14.8. The number of thiazole rings is 1. The van der Waals surface area contributed by atoms with Gasteiger partial charge in [-0.2, -0.15) is 9.78 Å². The van der Waals surface area contributed by atoms with Crippen molar-refractivity contribution in [2.24, 2.45) is 0 Å². The highest BCUT2D eigenvalue weighted by molar-refractivity contribution is 7.13. The number of hydrogen-bond donors (Lipinski definition) is 1. The average molecular weight is 444 g/mol. The van der Waals surface area contributed by atoms with Crippen molar-refractivity contribution in [3.63, 3.8) is 0 Å². The van der Waals surface area contributed by atoms with Gasteiger partial charge in [0.15, 0.2) is 0 Å². The molecular formula is C21H18F2N4O3S. The molecule has 0 saturated heterocycles. The lowest BCUT2D eigenvalue weighted by Gasteiger charge is -2.06. The van der Waals surface area contributed by atoms with Gasteiger partial charge in [-0.25, -0.2) is 18.6 Å². The topological polar surface area (TPSA) is 82.2 Å². The molecule has 1 N–H and O–H groups in total. The zero-order valence-electron chi connectivity index (χ0n) is 16.6. The highest BCUT2D eigenvalue weighted by Crippen LogP contribution is 2.34. The highest BCUT2D eigenvalue weighted by atomic mass is 32.1. The summed E-state index contributed by atoms with van der Waals surface area (Å²) in [7, 11) is 0. The zero-order chi connectivity index (χ0) is 22.1. The van der Waals surface area contributed by atoms with E-state index in [2.05, 4.69) is 10.1 Å². The van der Waals surface area contributed by atoms with Gasteiger partial charge in [-0.05, 0) is 50.2 Å². The fourth-order valence-corrected chi connectivity index (χ4v) is 3.79. The Labute approximate surface area is 179 Å². The Balaban J connectivity index is 1.54. The molecule has 0 saturated carbocycles. The first kappa shape index (κ1) is 20.9. The van der Waals surface area contributed by atoms with Crippen molar-refractivity contribution < 1.29 is 18.6 Å². The van der Waals surface area contributed by atoms with Crippen molar-refractivity contribution in [2.45, 2.75) is 26.5 Å². The molecule has 10 heteroatoms. The summed E-state index contributed by atoms with van der Waals surface area (Å²) in [4.78, 5) is 16.9. The summed E-state index contributed by atoms with van der Waals surface area (Å²) >= 11 is 1.26. The van der Waals surface area contributed by atoms with Crippen LogP contribution in [0.5, 0.6) is 10.8 Å². The molecule has 0 amide bonds. The van der Waals surface area contributed by atoms with Crippen molar-refractivity contribution in [3.05, 3.63) is 87.2 Å². The molecule has 0 aliphatic rings. The van der Waals surface area contributed by atoms with Crippen molar-refractivity contribution in [1.29, 1.82) is 0 Å². The van der Waals surface area contributed by atoms with Crippen LogP contribution in [0.15, 0.2) is 53.6 Å². The molecule has 0 spiro atoms. The van der Waals surface area contributed by atoms with Gasteiger partial charge in [0, 0.05) is 5.56 Å². The van der Waals surface area contributed by atoms with Crippen molar-refractivity contribution in [3.8, 4) is 16.5 Å². The minimum atomic E-state index is -0.724. The van der Waals surface area contributed by atoms with E-state index in [4.69, 9.17) is 4.74 Å². The van der Waals surface area contributed by atoms with Gasteiger partial charge in [-0.3, -0.25) is 4.57 Å². The molecule has 0 bridgehead atoms. The highest BCUT2D eigenvalue weighted by Gasteiger charge is 2.15. The Kier molecular flexibility index (Phi) is 5.66. The summed E-state index contributed by atoms with van der Waals surface area (Å²) in [6.45, 7) is 3.15. The molecule has 2 heterocycles. The molecule has 1 atom stereocenters. The van der Waals surface area contributed by atoms with Crippen LogP contribution in [0.3, 0.4) is 0 Å². The molecule has 4 aromatic rings. The van der Waals surface area contributed by atoms with Crippen LogP contribution in [-0.2, 0) is 6.54 Å². The van der Waals surface area contributed by atoms with E-state index in [9.17, 15) is 18.7 Å². The molecule has 1 unspecified atom stereocenters. The fourth-order valence-electron chi connectivity index (χ4n) is 2.91. The van der Waals surface area contributed by atoms with E-state index in [0.29, 0.717) is 27.2 Å². The van der Waals surface area contributed by atoms with Crippen molar-refractivity contribution in [1.82, 2.24) is 19.3 Å². The second-order valence-corrected chi connectivity index (χ2v) is 7.84. The lowest BCUT2D eigenvalue weighted by Crippen LogP contribution is -2.24. The van der Waals surface area contributed by atoms with Crippen LogP contribution in [0.4, 0.5) is 8.78 Å². The smallest absolute Gasteiger partial charge is 0.350 e. The third-order valence-corrected chi connectivity index (χ3v) is 5.75. The standard InChI is InChI=1S/C21H18F2N4O3S/c1-12-20(31-19(25-12)13(2)28)30-15-8-6-14(7-9-15)27-21(29)26(11-24-27)10-16-17(22)4-3-5-18(16)23/h3-9,11,13,28H,10H2,1-2H3. The van der Waals surface area contributed by atoms with Crippen LogP contribution < -0.4 is 10.4 Å². The predicted molar refractivity (Wildman–Crippen MR) is 111 cm³/mol. The Hall–Kier alpha value is -3.37. The number of benzene rings is 2. The third kappa shape index (κ3) is 4.25. The Morgan fingerprint density at radius 3 is 2.45 bits per heavy atom. The van der Waals surface area contributed by atoms with E-state index in [0.717, 1.165) is 21.4 Å². The number of ether oxygens (including phenoxy) is 1. The monoisotopic (exact) mass is 444 g/mol. The van der Waals surface area contributed by atoms with Crippen LogP contribution in [-0.4, -0.2) is 24.4 Å². The fraction of sp³-hybridized carbons (Fsp3) is 0.190. The van der Waals surface area contributed by atoms with E-state index >= 15 is 0 Å². The summed E-state index contributed by atoms with van der Waals surface area (Å²) in [6.07, 6.45) is 0.555. The van der Waals surface area contributed by atoms with Crippen LogP contribution in [0.25, 0.3) is 5.69 Å². The molecule has 2 aromatic heterocycles. The predicted octanol–water partition coefficient (Wildman–Crippen LogP) is 3.97. The summed E-state index contributed by atoms with van der Waals surface area (Å²) in [5.41, 5.74) is 0.400. The lowest BCUT2D eigenvalue weighted by molar-refractivity contribution is 0.198. The molecule has 0 radical (unpaired) electrons. The Morgan fingerprint density at radius 1 is 1.16 bits per heavy atom. The molecule has 31 heavy (non-hydrogen) atoms. The first-order valence-corrected chi connectivity index (χ1v) is 10.2. The van der Waals surface area contributed by atoms with E-state index < -0.39 is 23.4 Å². The Morgan fingerprint density at radius 2 is 1.84 bits per heavy atom. The van der Waals surface area contributed by atoms with Crippen LogP contribution in [0, 0.1) is 18.6 Å². The van der Waals surface area contributed by atoms with E-state index in [1.165, 1.54) is 23.7 Å². The number of rotatable bonds is 6. The van der Waals surface area contributed by atoms with Crippen LogP contribution >= 0.6 is 11.3 Å². The molecule has 0 aliphatic carbocycles. The molecule has 0 fully saturated rings. The molecule has 4 rings (SSSR count). The molecule has 0 aliphatic heterocycles. The summed E-state index contributed by atoms with van der Waals surface area (Å²) in [6, 6.07) is 10.2. The van der Waals surface area contributed by atoms with E-state index in [1.54, 1.807) is 38.1 Å². The quantitative estimate of drug-likeness (QED) is 0.487. The lowest BCUT2D eigenvalue weighted by atomic mass is 10.2. The van der Waals surface area contributed by atoms with Gasteiger partial charge < -0.3 is 9.84 Å². The third-order valence-electron chi connectivity index (χ3n) is 4.54. The second-order valence-electron chi connectivity index (χ2n) is 6.85. The van der Waals surface area contributed by atoms with E-state index in [1.807, 2.05) is 0 Å². The minimum Gasteiger partial charge on any atom is -0.445 e. The number of nitrogens with zero attached hydrogens (tertiary/aromatic N) is 4. The van der Waals surface area contributed by atoms with Gasteiger partial charge in [0.1, 0.15) is 34.8 Å². The minimum absolute atomic E-state index is 0.204. The van der Waals surface area contributed by atoms with Gasteiger partial charge in [-0.1, -0.05) is 17.4 Å². The van der Waals surface area contributed by atoms with Gasteiger partial charge in [-0.15, -0.1) is 0 Å². The molecule has 7 nitrogen and oxygen atoms in total. The molecule has 2 aromatic carbocycles. The maximum absolute atomic E-state index is 13.9. The second kappa shape index (κ2) is 8.40. The first-order valence-electron chi connectivity index (χ1n) is 9.34. The van der Waals surface area contributed by atoms with Gasteiger partial charge in [0.05, 0.1) is 17.9 Å². The van der Waals surface area contributed by atoms with Gasteiger partial charge >= 0.3 is 5.69 Å². The summed E-state index contributed by atoms with van der Waals surface area (Å²) in [5.74, 6) is -0.926.